The molecule has 0 saturated carbocycles. The van der Waals surface area contributed by atoms with E-state index in [9.17, 15) is 23.1 Å². The van der Waals surface area contributed by atoms with E-state index in [1.165, 1.54) is 24.3 Å². The van der Waals surface area contributed by atoms with Gasteiger partial charge in [0.15, 0.2) is 9.84 Å². The molecule has 0 fully saturated rings. The summed E-state index contributed by atoms with van der Waals surface area (Å²) in [6, 6.07) is 12.4. The highest BCUT2D eigenvalue weighted by Crippen LogP contribution is 2.25. The highest BCUT2D eigenvalue weighted by atomic mass is 32.2. The minimum absolute atomic E-state index is 0.0428. The first kappa shape index (κ1) is 19.7. The van der Waals surface area contributed by atoms with Gasteiger partial charge in [0, 0.05) is 11.3 Å². The Hall–Kier alpha value is -2.67. The summed E-state index contributed by atoms with van der Waals surface area (Å²) in [5.41, 5.74) is 0.294. The normalized spacial score (nSPS) is 11.8. The van der Waals surface area contributed by atoms with Crippen LogP contribution in [0.25, 0.3) is 0 Å². The Bertz CT molecular complexity index is 931. The second-order valence-electron chi connectivity index (χ2n) is 6.39. The number of anilines is 1. The largest absolute Gasteiger partial charge is 0.481 e. The minimum Gasteiger partial charge on any atom is -0.481 e. The van der Waals surface area contributed by atoms with Crippen molar-refractivity contribution in [2.24, 2.45) is 0 Å². The minimum atomic E-state index is -3.39. The summed E-state index contributed by atoms with van der Waals surface area (Å²) < 4.78 is 23.9. The third-order valence-corrected chi connectivity index (χ3v) is 5.97. The maximum absolute atomic E-state index is 12.4. The van der Waals surface area contributed by atoms with Crippen molar-refractivity contribution >= 4 is 27.4 Å². The SMILES string of the molecule is CCS(=O)(=O)c1cccc(C(=O)Nc2ccc(C(C)(C)C(=O)O)cc2)c1. The first-order valence-electron chi connectivity index (χ1n) is 8.06. The van der Waals surface area contributed by atoms with Gasteiger partial charge in [0.2, 0.25) is 0 Å². The van der Waals surface area contributed by atoms with Gasteiger partial charge in [-0.15, -0.1) is 0 Å². The fourth-order valence-corrected chi connectivity index (χ4v) is 3.22. The lowest BCUT2D eigenvalue weighted by atomic mass is 9.85. The quantitative estimate of drug-likeness (QED) is 0.808. The Morgan fingerprint density at radius 2 is 1.69 bits per heavy atom. The fraction of sp³-hybridized carbons (Fsp3) is 0.263. The van der Waals surface area contributed by atoms with Gasteiger partial charge in [-0.2, -0.15) is 0 Å². The number of hydrogen-bond acceptors (Lipinski definition) is 4. The maximum atomic E-state index is 12.4. The predicted octanol–water partition coefficient (Wildman–Crippen LogP) is 3.09. The number of rotatable bonds is 6. The Morgan fingerprint density at radius 1 is 1.08 bits per heavy atom. The lowest BCUT2D eigenvalue weighted by Crippen LogP contribution is -2.28. The maximum Gasteiger partial charge on any atom is 0.313 e. The number of aliphatic carboxylic acids is 1. The summed E-state index contributed by atoms with van der Waals surface area (Å²) in [5.74, 6) is -1.43. The van der Waals surface area contributed by atoms with Gasteiger partial charge in [-0.05, 0) is 49.7 Å². The van der Waals surface area contributed by atoms with Crippen LogP contribution >= 0.6 is 0 Å². The van der Waals surface area contributed by atoms with Crippen LogP contribution in [0.4, 0.5) is 5.69 Å². The van der Waals surface area contributed by atoms with Crippen molar-refractivity contribution in [1.82, 2.24) is 0 Å². The Labute approximate surface area is 152 Å². The van der Waals surface area contributed by atoms with Crippen LogP contribution in [0.2, 0.25) is 0 Å². The molecule has 2 N–H and O–H groups in total. The van der Waals surface area contributed by atoms with Gasteiger partial charge >= 0.3 is 5.97 Å². The first-order valence-corrected chi connectivity index (χ1v) is 9.71. The zero-order valence-corrected chi connectivity index (χ0v) is 15.6. The van der Waals surface area contributed by atoms with Gasteiger partial charge in [0.25, 0.3) is 5.91 Å². The molecule has 1 amide bonds. The highest BCUT2D eigenvalue weighted by Gasteiger charge is 2.29. The molecule has 0 heterocycles. The number of carboxylic acid groups (broad SMARTS) is 1. The van der Waals surface area contributed by atoms with Crippen molar-refractivity contribution in [3.05, 3.63) is 59.7 Å². The van der Waals surface area contributed by atoms with E-state index >= 15 is 0 Å². The molecule has 0 saturated heterocycles. The van der Waals surface area contributed by atoms with Crippen molar-refractivity contribution < 1.29 is 23.1 Å². The van der Waals surface area contributed by atoms with Crippen LogP contribution in [0.3, 0.4) is 0 Å². The summed E-state index contributed by atoms with van der Waals surface area (Å²) in [6.07, 6.45) is 0. The molecule has 0 bridgehead atoms. The number of benzene rings is 2. The number of hydrogen-bond donors (Lipinski definition) is 2. The summed E-state index contributed by atoms with van der Waals surface area (Å²) in [7, 11) is -3.39. The molecule has 2 aromatic rings. The number of amides is 1. The predicted molar refractivity (Wildman–Crippen MR) is 99.2 cm³/mol. The van der Waals surface area contributed by atoms with Crippen molar-refractivity contribution in [2.75, 3.05) is 11.1 Å². The molecular formula is C19H21NO5S. The average Bonchev–Trinajstić information content (AvgIpc) is 2.62. The van der Waals surface area contributed by atoms with Crippen LogP contribution in [0.15, 0.2) is 53.4 Å². The molecule has 0 radical (unpaired) electrons. The number of carboxylic acids is 1. The molecule has 0 aliphatic heterocycles. The van der Waals surface area contributed by atoms with Gasteiger partial charge in [-0.25, -0.2) is 8.42 Å². The monoisotopic (exact) mass is 375 g/mol. The van der Waals surface area contributed by atoms with Crippen molar-refractivity contribution in [2.45, 2.75) is 31.1 Å². The van der Waals surface area contributed by atoms with Crippen LogP contribution in [0.5, 0.6) is 0 Å². The van der Waals surface area contributed by atoms with E-state index in [4.69, 9.17) is 0 Å². The molecule has 0 unspecified atom stereocenters. The number of sulfone groups is 1. The Kier molecular flexibility index (Phi) is 5.51. The van der Waals surface area contributed by atoms with Crippen molar-refractivity contribution in [3.8, 4) is 0 Å². The van der Waals surface area contributed by atoms with E-state index in [0.29, 0.717) is 11.3 Å². The molecule has 2 aromatic carbocycles. The van der Waals surface area contributed by atoms with E-state index in [0.717, 1.165) is 0 Å². The van der Waals surface area contributed by atoms with Crippen LogP contribution in [0.1, 0.15) is 36.7 Å². The van der Waals surface area contributed by atoms with Crippen molar-refractivity contribution in [1.29, 1.82) is 0 Å². The summed E-state index contributed by atoms with van der Waals surface area (Å²) in [6.45, 7) is 4.74. The van der Waals surface area contributed by atoms with Gasteiger partial charge in [-0.3, -0.25) is 9.59 Å². The highest BCUT2D eigenvalue weighted by molar-refractivity contribution is 7.91. The van der Waals surface area contributed by atoms with Crippen LogP contribution < -0.4 is 5.32 Å². The average molecular weight is 375 g/mol. The van der Waals surface area contributed by atoms with E-state index in [-0.39, 0.29) is 16.2 Å². The molecule has 7 heteroatoms. The standard InChI is InChI=1S/C19H21NO5S/c1-4-26(24,25)16-7-5-6-13(12-16)17(21)20-15-10-8-14(9-11-15)19(2,3)18(22)23/h5-12H,4H2,1-3H3,(H,20,21)(H,22,23). The van der Waals surface area contributed by atoms with Crippen LogP contribution in [-0.2, 0) is 20.0 Å². The molecule has 0 atom stereocenters. The topological polar surface area (TPSA) is 101 Å². The number of nitrogens with one attached hydrogen (secondary N) is 1. The molecule has 0 aliphatic rings. The second-order valence-corrected chi connectivity index (χ2v) is 8.67. The smallest absolute Gasteiger partial charge is 0.313 e. The van der Waals surface area contributed by atoms with Gasteiger partial charge in [0.05, 0.1) is 16.1 Å². The number of carbonyl (C=O) groups excluding carboxylic acids is 1. The van der Waals surface area contributed by atoms with E-state index in [1.807, 2.05) is 0 Å². The summed E-state index contributed by atoms with van der Waals surface area (Å²) in [5, 5.41) is 11.9. The summed E-state index contributed by atoms with van der Waals surface area (Å²) >= 11 is 0. The zero-order valence-electron chi connectivity index (χ0n) is 14.8. The molecule has 0 spiro atoms. The molecule has 138 valence electrons. The Balaban J connectivity index is 2.21. The third kappa shape index (κ3) is 4.11. The molecule has 0 aromatic heterocycles. The molecule has 2 rings (SSSR count). The second kappa shape index (κ2) is 7.29. The van der Waals surface area contributed by atoms with Gasteiger partial charge < -0.3 is 10.4 Å². The fourth-order valence-electron chi connectivity index (χ4n) is 2.29. The lowest BCUT2D eigenvalue weighted by Gasteiger charge is -2.19. The van der Waals surface area contributed by atoms with Crippen LogP contribution in [0, 0.1) is 0 Å². The van der Waals surface area contributed by atoms with Crippen molar-refractivity contribution in [3.63, 3.8) is 0 Å². The van der Waals surface area contributed by atoms with Crippen LogP contribution in [-0.4, -0.2) is 31.2 Å². The molecular weight excluding hydrogens is 354 g/mol. The van der Waals surface area contributed by atoms with E-state index in [1.54, 1.807) is 45.0 Å². The Morgan fingerprint density at radius 3 is 2.23 bits per heavy atom. The van der Waals surface area contributed by atoms with E-state index in [2.05, 4.69) is 5.32 Å². The third-order valence-electron chi connectivity index (χ3n) is 4.23. The molecule has 6 nitrogen and oxygen atoms in total. The molecule has 0 aliphatic carbocycles. The first-order chi connectivity index (χ1) is 12.1. The zero-order chi connectivity index (χ0) is 19.5. The summed E-state index contributed by atoms with van der Waals surface area (Å²) in [4.78, 5) is 23.8. The van der Waals surface area contributed by atoms with Gasteiger partial charge in [0.1, 0.15) is 0 Å². The van der Waals surface area contributed by atoms with Gasteiger partial charge in [-0.1, -0.05) is 25.1 Å². The number of carbonyl (C=O) groups is 2. The van der Waals surface area contributed by atoms with E-state index < -0.39 is 27.1 Å². The molecule has 26 heavy (non-hydrogen) atoms. The lowest BCUT2D eigenvalue weighted by molar-refractivity contribution is -0.142.